The summed E-state index contributed by atoms with van der Waals surface area (Å²) in [5, 5.41) is 15.3. The minimum absolute atomic E-state index is 0.301. The molecule has 0 spiro atoms. The zero-order valence-electron chi connectivity index (χ0n) is 14.4. The smallest absolute Gasteiger partial charge is 0.407 e. The first-order chi connectivity index (χ1) is 11.1. The van der Waals surface area contributed by atoms with Crippen LogP contribution in [0.2, 0.25) is 5.02 Å². The monoisotopic (exact) mass is 356 g/mol. The molecule has 3 N–H and O–H groups in total. The third-order valence-electron chi connectivity index (χ3n) is 3.16. The van der Waals surface area contributed by atoms with Crippen LogP contribution < -0.4 is 10.6 Å². The molecule has 0 fully saturated rings. The van der Waals surface area contributed by atoms with E-state index in [1.165, 1.54) is 0 Å². The second-order valence-corrected chi connectivity index (χ2v) is 7.08. The van der Waals surface area contributed by atoms with Crippen molar-refractivity contribution in [1.29, 1.82) is 0 Å². The molecule has 1 amide bonds. The highest BCUT2D eigenvalue weighted by Gasteiger charge is 2.21. The maximum atomic E-state index is 12.0. The van der Waals surface area contributed by atoms with Crippen molar-refractivity contribution < 1.29 is 19.4 Å². The predicted molar refractivity (Wildman–Crippen MR) is 93.4 cm³/mol. The van der Waals surface area contributed by atoms with Crippen molar-refractivity contribution in [1.82, 2.24) is 10.6 Å². The summed E-state index contributed by atoms with van der Waals surface area (Å²) in [5.41, 5.74) is 0.377. The number of hydrogen-bond acceptors (Lipinski definition) is 4. The number of carbonyl (C=O) groups is 2. The number of alkyl carbamates (subject to hydrolysis) is 1. The van der Waals surface area contributed by atoms with Gasteiger partial charge in [0.2, 0.25) is 0 Å². The normalized spacial score (nSPS) is 13.9. The van der Waals surface area contributed by atoms with Gasteiger partial charge >= 0.3 is 12.1 Å². The van der Waals surface area contributed by atoms with Crippen molar-refractivity contribution in [3.8, 4) is 0 Å². The molecule has 7 heteroatoms. The summed E-state index contributed by atoms with van der Waals surface area (Å²) >= 11 is 5.88. The second-order valence-electron chi connectivity index (χ2n) is 6.64. The number of carboxylic acids is 1. The Morgan fingerprint density at radius 3 is 2.33 bits per heavy atom. The Morgan fingerprint density at radius 2 is 1.83 bits per heavy atom. The molecule has 0 aliphatic carbocycles. The van der Waals surface area contributed by atoms with Gasteiger partial charge in [-0.25, -0.2) is 4.79 Å². The van der Waals surface area contributed by atoms with Crippen LogP contribution in [0.3, 0.4) is 0 Å². The van der Waals surface area contributed by atoms with Crippen LogP contribution in [0.4, 0.5) is 4.79 Å². The highest BCUT2D eigenvalue weighted by Crippen LogP contribution is 2.12. The topological polar surface area (TPSA) is 87.7 Å². The number of carbonyl (C=O) groups excluding carboxylic acids is 1. The molecule has 0 saturated heterocycles. The number of rotatable bonds is 7. The summed E-state index contributed by atoms with van der Waals surface area (Å²) in [6, 6.07) is 6.25. The van der Waals surface area contributed by atoms with E-state index in [2.05, 4.69) is 10.6 Å². The largest absolute Gasteiger partial charge is 0.480 e. The summed E-state index contributed by atoms with van der Waals surface area (Å²) in [5.74, 6) is -0.947. The SMILES string of the molecule is C[C@H](NC[C@H](Cc1ccc(Cl)cc1)NC(=O)OC(C)(C)C)C(=O)O. The van der Waals surface area contributed by atoms with Crippen LogP contribution in [-0.4, -0.2) is 41.4 Å². The van der Waals surface area contributed by atoms with Gasteiger partial charge in [-0.3, -0.25) is 4.79 Å². The van der Waals surface area contributed by atoms with Crippen LogP contribution in [0.5, 0.6) is 0 Å². The van der Waals surface area contributed by atoms with Crippen LogP contribution in [-0.2, 0) is 16.0 Å². The minimum atomic E-state index is -0.947. The summed E-state index contributed by atoms with van der Waals surface area (Å²) in [7, 11) is 0. The van der Waals surface area contributed by atoms with Gasteiger partial charge in [0, 0.05) is 17.6 Å². The van der Waals surface area contributed by atoms with Crippen LogP contribution >= 0.6 is 11.6 Å². The molecule has 24 heavy (non-hydrogen) atoms. The van der Waals surface area contributed by atoms with Crippen molar-refractivity contribution in [3.05, 3.63) is 34.9 Å². The lowest BCUT2D eigenvalue weighted by Gasteiger charge is -2.24. The first kappa shape index (κ1) is 20.3. The number of halogens is 1. The van der Waals surface area contributed by atoms with Gasteiger partial charge in [0.25, 0.3) is 0 Å². The Labute approximate surface area is 147 Å². The first-order valence-corrected chi connectivity index (χ1v) is 8.15. The molecule has 0 aliphatic rings. The molecule has 0 aromatic heterocycles. The molecule has 0 radical (unpaired) electrons. The van der Waals surface area contributed by atoms with Crippen molar-refractivity contribution in [2.45, 2.75) is 51.8 Å². The van der Waals surface area contributed by atoms with Crippen molar-refractivity contribution in [2.75, 3.05) is 6.54 Å². The molecule has 0 saturated carbocycles. The lowest BCUT2D eigenvalue weighted by atomic mass is 10.1. The maximum absolute atomic E-state index is 12.0. The van der Waals surface area contributed by atoms with E-state index in [0.29, 0.717) is 18.0 Å². The molecular formula is C17H25ClN2O4. The number of nitrogens with one attached hydrogen (secondary N) is 2. The molecule has 0 aliphatic heterocycles. The van der Waals surface area contributed by atoms with Crippen molar-refractivity contribution >= 4 is 23.7 Å². The lowest BCUT2D eigenvalue weighted by Crippen LogP contribution is -2.48. The van der Waals surface area contributed by atoms with Crippen molar-refractivity contribution in [3.63, 3.8) is 0 Å². The Morgan fingerprint density at radius 1 is 1.25 bits per heavy atom. The first-order valence-electron chi connectivity index (χ1n) is 7.77. The number of ether oxygens (including phenoxy) is 1. The number of aliphatic carboxylic acids is 1. The van der Waals surface area contributed by atoms with Gasteiger partial charge in [-0.05, 0) is 51.8 Å². The fourth-order valence-electron chi connectivity index (χ4n) is 1.96. The van der Waals surface area contributed by atoms with E-state index in [4.69, 9.17) is 21.4 Å². The molecule has 0 bridgehead atoms. The second kappa shape index (κ2) is 8.89. The van der Waals surface area contributed by atoms with E-state index in [9.17, 15) is 9.59 Å². The molecule has 2 atom stereocenters. The summed E-state index contributed by atoms with van der Waals surface area (Å²) in [6.07, 6.45) is -0.0123. The lowest BCUT2D eigenvalue weighted by molar-refractivity contribution is -0.139. The van der Waals surface area contributed by atoms with Crippen molar-refractivity contribution in [2.24, 2.45) is 0 Å². The Hall–Kier alpha value is -1.79. The Bertz CT molecular complexity index is 555. The van der Waals surface area contributed by atoms with Gasteiger partial charge in [-0.1, -0.05) is 23.7 Å². The van der Waals surface area contributed by atoms with Crippen LogP contribution in [0.1, 0.15) is 33.3 Å². The van der Waals surface area contributed by atoms with Gasteiger partial charge in [0.15, 0.2) is 0 Å². The third-order valence-corrected chi connectivity index (χ3v) is 3.41. The summed E-state index contributed by atoms with van der Waals surface area (Å²) in [4.78, 5) is 22.9. The zero-order valence-corrected chi connectivity index (χ0v) is 15.2. The summed E-state index contributed by atoms with van der Waals surface area (Å²) < 4.78 is 5.26. The number of hydrogen-bond donors (Lipinski definition) is 3. The number of amides is 1. The molecule has 1 aromatic carbocycles. The van der Waals surface area contributed by atoms with Gasteiger partial charge in [-0.2, -0.15) is 0 Å². The van der Waals surface area contributed by atoms with Gasteiger partial charge in [0.1, 0.15) is 11.6 Å². The average molecular weight is 357 g/mol. The van der Waals surface area contributed by atoms with E-state index in [-0.39, 0.29) is 6.04 Å². The third kappa shape index (κ3) is 8.17. The fraction of sp³-hybridized carbons (Fsp3) is 0.529. The van der Waals surface area contributed by atoms with E-state index in [0.717, 1.165) is 5.56 Å². The Kier molecular flexibility index (Phi) is 7.51. The summed E-state index contributed by atoms with van der Waals surface area (Å²) in [6.45, 7) is 7.20. The van der Waals surface area contributed by atoms with Gasteiger partial charge < -0.3 is 20.5 Å². The van der Waals surface area contributed by atoms with Gasteiger partial charge in [-0.15, -0.1) is 0 Å². The molecule has 0 unspecified atom stereocenters. The van der Waals surface area contributed by atoms with E-state index >= 15 is 0 Å². The van der Waals surface area contributed by atoms with E-state index in [1.54, 1.807) is 39.8 Å². The predicted octanol–water partition coefficient (Wildman–Crippen LogP) is 2.84. The van der Waals surface area contributed by atoms with E-state index in [1.807, 2.05) is 12.1 Å². The Balaban J connectivity index is 2.72. The van der Waals surface area contributed by atoms with Crippen LogP contribution in [0.25, 0.3) is 0 Å². The quantitative estimate of drug-likeness (QED) is 0.699. The molecular weight excluding hydrogens is 332 g/mol. The van der Waals surface area contributed by atoms with Crippen LogP contribution in [0.15, 0.2) is 24.3 Å². The molecule has 0 heterocycles. The fourth-order valence-corrected chi connectivity index (χ4v) is 2.09. The highest BCUT2D eigenvalue weighted by atomic mass is 35.5. The maximum Gasteiger partial charge on any atom is 0.407 e. The number of carboxylic acid groups (broad SMARTS) is 1. The molecule has 1 rings (SSSR count). The van der Waals surface area contributed by atoms with Gasteiger partial charge in [0.05, 0.1) is 0 Å². The highest BCUT2D eigenvalue weighted by molar-refractivity contribution is 6.30. The average Bonchev–Trinajstić information content (AvgIpc) is 2.44. The molecule has 6 nitrogen and oxygen atoms in total. The standard InChI is InChI=1S/C17H25ClN2O4/c1-11(15(21)22)19-10-14(20-16(23)24-17(2,3)4)9-12-5-7-13(18)8-6-12/h5-8,11,14,19H,9-10H2,1-4H3,(H,20,23)(H,21,22)/t11-,14-/m0/s1. The molecule has 134 valence electrons. The number of benzene rings is 1. The minimum Gasteiger partial charge on any atom is -0.480 e. The van der Waals surface area contributed by atoms with Crippen LogP contribution in [0, 0.1) is 0 Å². The zero-order chi connectivity index (χ0) is 18.3. The van der Waals surface area contributed by atoms with E-state index < -0.39 is 23.7 Å². The molecule has 1 aromatic rings.